The third-order valence-corrected chi connectivity index (χ3v) is 5.35. The second-order valence-corrected chi connectivity index (χ2v) is 7.08. The van der Waals surface area contributed by atoms with Crippen molar-refractivity contribution in [2.45, 2.75) is 37.8 Å². The first-order valence-corrected chi connectivity index (χ1v) is 9.25. The highest BCUT2D eigenvalue weighted by Crippen LogP contribution is 2.34. The van der Waals surface area contributed by atoms with Gasteiger partial charge in [-0.05, 0) is 30.9 Å². The molecule has 1 N–H and O–H groups in total. The molecule has 0 bridgehead atoms. The molecule has 1 aromatic heterocycles. The second-order valence-electron chi connectivity index (χ2n) is 7.08. The number of benzene rings is 1. The molecule has 1 aliphatic carbocycles. The minimum Gasteiger partial charge on any atom is -0.396 e. The summed E-state index contributed by atoms with van der Waals surface area (Å²) in [6.07, 6.45) is 2.12. The van der Waals surface area contributed by atoms with E-state index in [1.807, 2.05) is 4.90 Å². The van der Waals surface area contributed by atoms with E-state index in [9.17, 15) is 14.3 Å². The van der Waals surface area contributed by atoms with E-state index < -0.39 is 5.82 Å². The van der Waals surface area contributed by atoms with Crippen molar-refractivity contribution in [3.8, 4) is 11.4 Å². The molecule has 144 valence electrons. The van der Waals surface area contributed by atoms with Gasteiger partial charge in [-0.25, -0.2) is 4.39 Å². The number of aryl methyl sites for hydroxylation is 1. The molecule has 1 saturated carbocycles. The number of aromatic nitrogens is 2. The lowest BCUT2D eigenvalue weighted by Crippen LogP contribution is -2.51. The fourth-order valence-electron chi connectivity index (χ4n) is 3.98. The second kappa shape index (κ2) is 7.74. The average Bonchev–Trinajstić information content (AvgIpc) is 3.32. The van der Waals surface area contributed by atoms with Crippen LogP contribution in [0.15, 0.2) is 28.8 Å². The number of aliphatic hydroxyl groups excluding tert-OH is 1. The van der Waals surface area contributed by atoms with Crippen molar-refractivity contribution in [1.82, 2.24) is 15.0 Å². The van der Waals surface area contributed by atoms with Gasteiger partial charge in [-0.2, -0.15) is 4.98 Å². The molecule has 2 fully saturated rings. The zero-order chi connectivity index (χ0) is 18.8. The predicted octanol–water partition coefficient (Wildman–Crippen LogP) is 1.81. The van der Waals surface area contributed by atoms with Crippen molar-refractivity contribution in [3.63, 3.8) is 0 Å². The normalized spacial score (nSPS) is 24.8. The zero-order valence-corrected chi connectivity index (χ0v) is 14.9. The quantitative estimate of drug-likeness (QED) is 0.857. The third-order valence-electron chi connectivity index (χ3n) is 5.35. The van der Waals surface area contributed by atoms with E-state index in [-0.39, 0.29) is 48.4 Å². The van der Waals surface area contributed by atoms with Crippen molar-refractivity contribution >= 4 is 5.91 Å². The standard InChI is InChI=1S/C19H22FN3O4/c20-14-4-2-1-3-13(14)19-21-17(27-22-19)5-6-18(25)23-7-8-26-16-10-12(11-24)9-15(16)23/h1-4,12,15-16,24H,5-11H2/t12-,15+,16+/m1/s1. The molecule has 0 unspecified atom stereocenters. The van der Waals surface area contributed by atoms with Gasteiger partial charge >= 0.3 is 0 Å². The number of nitrogens with zero attached hydrogens (tertiary/aromatic N) is 3. The van der Waals surface area contributed by atoms with Gasteiger partial charge in [0.15, 0.2) is 0 Å². The lowest BCUT2D eigenvalue weighted by Gasteiger charge is -2.37. The van der Waals surface area contributed by atoms with Crippen molar-refractivity contribution in [2.24, 2.45) is 5.92 Å². The lowest BCUT2D eigenvalue weighted by molar-refractivity contribution is -0.144. The van der Waals surface area contributed by atoms with Crippen LogP contribution in [0, 0.1) is 11.7 Å². The molecule has 0 radical (unpaired) electrons. The molecule has 2 heterocycles. The number of halogens is 1. The Kier molecular flexibility index (Phi) is 5.18. The number of fused-ring (bicyclic) bond motifs is 1. The van der Waals surface area contributed by atoms with Crippen LogP contribution in [0.4, 0.5) is 4.39 Å². The summed E-state index contributed by atoms with van der Waals surface area (Å²) in [6.45, 7) is 1.20. The van der Waals surface area contributed by atoms with Crippen LogP contribution in [-0.2, 0) is 16.0 Å². The van der Waals surface area contributed by atoms with Crippen LogP contribution in [0.2, 0.25) is 0 Å². The Morgan fingerprint density at radius 3 is 3.00 bits per heavy atom. The summed E-state index contributed by atoms with van der Waals surface area (Å²) in [7, 11) is 0. The number of hydrogen-bond acceptors (Lipinski definition) is 6. The van der Waals surface area contributed by atoms with Crippen LogP contribution in [0.3, 0.4) is 0 Å². The van der Waals surface area contributed by atoms with Gasteiger partial charge in [-0.15, -0.1) is 0 Å². The van der Waals surface area contributed by atoms with Crippen molar-refractivity contribution < 1.29 is 23.6 Å². The fraction of sp³-hybridized carbons (Fsp3) is 0.526. The van der Waals surface area contributed by atoms with E-state index in [2.05, 4.69) is 10.1 Å². The third kappa shape index (κ3) is 3.72. The maximum Gasteiger partial charge on any atom is 0.227 e. The van der Waals surface area contributed by atoms with E-state index in [1.165, 1.54) is 6.07 Å². The smallest absolute Gasteiger partial charge is 0.227 e. The van der Waals surface area contributed by atoms with Gasteiger partial charge in [0.25, 0.3) is 0 Å². The molecule has 2 aromatic rings. The topological polar surface area (TPSA) is 88.7 Å². The molecular formula is C19H22FN3O4. The Bertz CT molecular complexity index is 812. The highest BCUT2D eigenvalue weighted by Gasteiger charge is 2.42. The summed E-state index contributed by atoms with van der Waals surface area (Å²) in [5.41, 5.74) is 0.274. The van der Waals surface area contributed by atoms with Crippen LogP contribution in [0.5, 0.6) is 0 Å². The summed E-state index contributed by atoms with van der Waals surface area (Å²) in [5.74, 6) is 0.278. The number of rotatable bonds is 5. The number of hydrogen-bond donors (Lipinski definition) is 1. The molecule has 27 heavy (non-hydrogen) atoms. The average molecular weight is 375 g/mol. The minimum atomic E-state index is -0.417. The summed E-state index contributed by atoms with van der Waals surface area (Å²) in [4.78, 5) is 18.8. The first-order valence-electron chi connectivity index (χ1n) is 9.25. The van der Waals surface area contributed by atoms with Gasteiger partial charge in [-0.1, -0.05) is 17.3 Å². The molecule has 8 heteroatoms. The fourth-order valence-corrected chi connectivity index (χ4v) is 3.98. The number of carbonyl (C=O) groups excluding carboxylic acids is 1. The van der Waals surface area contributed by atoms with Crippen LogP contribution in [-0.4, -0.2) is 58.0 Å². The SMILES string of the molecule is O=C(CCc1nc(-c2ccccc2F)no1)N1CCO[C@H]2C[C@H](CO)C[C@@H]21. The molecule has 0 spiro atoms. The van der Waals surface area contributed by atoms with Gasteiger partial charge in [0, 0.05) is 26.0 Å². The van der Waals surface area contributed by atoms with E-state index >= 15 is 0 Å². The minimum absolute atomic E-state index is 0.0101. The Morgan fingerprint density at radius 2 is 2.19 bits per heavy atom. The molecule has 3 atom stereocenters. The molecule has 1 aromatic carbocycles. The Hall–Kier alpha value is -2.32. The van der Waals surface area contributed by atoms with E-state index in [0.717, 1.165) is 12.8 Å². The van der Waals surface area contributed by atoms with E-state index in [0.29, 0.717) is 25.5 Å². The van der Waals surface area contributed by atoms with Gasteiger partial charge in [0.1, 0.15) is 5.82 Å². The van der Waals surface area contributed by atoms with Crippen molar-refractivity contribution in [3.05, 3.63) is 36.0 Å². The first-order chi connectivity index (χ1) is 13.2. The lowest BCUT2D eigenvalue weighted by atomic mass is 10.1. The van der Waals surface area contributed by atoms with Gasteiger partial charge in [0.2, 0.25) is 17.6 Å². The van der Waals surface area contributed by atoms with Gasteiger partial charge in [-0.3, -0.25) is 4.79 Å². The Balaban J connectivity index is 1.38. The van der Waals surface area contributed by atoms with Crippen molar-refractivity contribution in [2.75, 3.05) is 19.8 Å². The molecule has 4 rings (SSSR count). The molecule has 7 nitrogen and oxygen atoms in total. The summed E-state index contributed by atoms with van der Waals surface area (Å²) < 4.78 is 24.8. The highest BCUT2D eigenvalue weighted by atomic mass is 19.1. The summed E-state index contributed by atoms with van der Waals surface area (Å²) >= 11 is 0. The highest BCUT2D eigenvalue weighted by molar-refractivity contribution is 5.77. The number of aliphatic hydroxyl groups is 1. The summed E-state index contributed by atoms with van der Waals surface area (Å²) in [6, 6.07) is 6.25. The van der Waals surface area contributed by atoms with Crippen LogP contribution < -0.4 is 0 Å². The van der Waals surface area contributed by atoms with Crippen molar-refractivity contribution in [1.29, 1.82) is 0 Å². The van der Waals surface area contributed by atoms with Gasteiger partial charge in [0.05, 0.1) is 24.3 Å². The monoisotopic (exact) mass is 375 g/mol. The molecule has 1 amide bonds. The molecule has 1 saturated heterocycles. The number of ether oxygens (including phenoxy) is 1. The maximum absolute atomic E-state index is 13.8. The first kappa shape index (κ1) is 18.1. The molecule has 2 aliphatic rings. The molecule has 1 aliphatic heterocycles. The van der Waals surface area contributed by atoms with Gasteiger partial charge < -0.3 is 19.3 Å². The number of amides is 1. The Morgan fingerprint density at radius 1 is 1.33 bits per heavy atom. The van der Waals surface area contributed by atoms with Crippen LogP contribution in [0.25, 0.3) is 11.4 Å². The maximum atomic E-state index is 13.8. The zero-order valence-electron chi connectivity index (χ0n) is 14.9. The van der Waals surface area contributed by atoms with E-state index in [4.69, 9.17) is 9.26 Å². The van der Waals surface area contributed by atoms with Crippen LogP contribution >= 0.6 is 0 Å². The Labute approximate surface area is 156 Å². The van der Waals surface area contributed by atoms with Crippen LogP contribution in [0.1, 0.15) is 25.2 Å². The largest absolute Gasteiger partial charge is 0.396 e. The number of carbonyl (C=O) groups is 1. The number of morpholine rings is 1. The van der Waals surface area contributed by atoms with E-state index in [1.54, 1.807) is 18.2 Å². The summed E-state index contributed by atoms with van der Waals surface area (Å²) in [5, 5.41) is 13.2. The molecular weight excluding hydrogens is 353 g/mol. The predicted molar refractivity (Wildman–Crippen MR) is 93.1 cm³/mol.